The Kier molecular flexibility index (Phi) is 5.72. The van der Waals surface area contributed by atoms with Crippen molar-refractivity contribution in [1.29, 1.82) is 0 Å². The van der Waals surface area contributed by atoms with E-state index >= 15 is 0 Å². The summed E-state index contributed by atoms with van der Waals surface area (Å²) < 4.78 is 13.0. The van der Waals surface area contributed by atoms with E-state index in [2.05, 4.69) is 10.6 Å². The third-order valence-electron chi connectivity index (χ3n) is 3.57. The third-order valence-corrected chi connectivity index (χ3v) is 3.57. The molecule has 21 heavy (non-hydrogen) atoms. The summed E-state index contributed by atoms with van der Waals surface area (Å²) in [6.45, 7) is 9.76. The molecule has 1 rings (SSSR count). The van der Waals surface area contributed by atoms with Crippen LogP contribution in [-0.2, 0) is 0 Å². The standard InChI is InChI=1S/C16H25FN2O2/c1-10(2)14(20)16(4,5)9-18-15(21)19-13-7-6-12(17)8-11(13)3/h6-8,10,14,20H,9H2,1-5H3,(H2,18,19,21). The molecule has 0 saturated heterocycles. The molecule has 1 aromatic carbocycles. The Balaban J connectivity index is 2.58. The summed E-state index contributed by atoms with van der Waals surface area (Å²) in [5.74, 6) is -0.219. The Morgan fingerprint density at radius 2 is 2.00 bits per heavy atom. The first-order valence-corrected chi connectivity index (χ1v) is 7.12. The fourth-order valence-electron chi connectivity index (χ4n) is 2.25. The number of aliphatic hydroxyl groups excluding tert-OH is 1. The second-order valence-corrected chi connectivity index (χ2v) is 6.44. The van der Waals surface area contributed by atoms with Crippen LogP contribution in [0.15, 0.2) is 18.2 Å². The Morgan fingerprint density at radius 1 is 1.38 bits per heavy atom. The molecule has 2 amide bonds. The van der Waals surface area contributed by atoms with Crippen LogP contribution >= 0.6 is 0 Å². The molecule has 0 aliphatic carbocycles. The second kappa shape index (κ2) is 6.89. The van der Waals surface area contributed by atoms with Gasteiger partial charge < -0.3 is 15.7 Å². The summed E-state index contributed by atoms with van der Waals surface area (Å²) in [6.07, 6.45) is -0.509. The van der Waals surface area contributed by atoms with E-state index < -0.39 is 11.5 Å². The zero-order chi connectivity index (χ0) is 16.2. The van der Waals surface area contributed by atoms with Gasteiger partial charge in [0, 0.05) is 17.6 Å². The molecule has 0 fully saturated rings. The number of hydrogen-bond acceptors (Lipinski definition) is 2. The number of anilines is 1. The Hall–Kier alpha value is -1.62. The predicted molar refractivity (Wildman–Crippen MR) is 82.8 cm³/mol. The van der Waals surface area contributed by atoms with Crippen LogP contribution in [0.2, 0.25) is 0 Å². The van der Waals surface area contributed by atoms with Crippen LogP contribution in [0.25, 0.3) is 0 Å². The van der Waals surface area contributed by atoms with Gasteiger partial charge in [-0.3, -0.25) is 0 Å². The molecule has 0 bridgehead atoms. The molecule has 1 atom stereocenters. The van der Waals surface area contributed by atoms with Gasteiger partial charge in [0.1, 0.15) is 5.82 Å². The van der Waals surface area contributed by atoms with Crippen LogP contribution in [0, 0.1) is 24.1 Å². The van der Waals surface area contributed by atoms with Gasteiger partial charge >= 0.3 is 6.03 Å². The van der Waals surface area contributed by atoms with Crippen molar-refractivity contribution in [3.63, 3.8) is 0 Å². The number of carbonyl (C=O) groups excluding carboxylic acids is 1. The molecular formula is C16H25FN2O2. The molecule has 0 radical (unpaired) electrons. The minimum atomic E-state index is -0.509. The van der Waals surface area contributed by atoms with E-state index in [1.165, 1.54) is 18.2 Å². The van der Waals surface area contributed by atoms with Crippen LogP contribution in [-0.4, -0.2) is 23.8 Å². The molecule has 3 N–H and O–H groups in total. The average Bonchev–Trinajstić information content (AvgIpc) is 2.39. The normalized spacial score (nSPS) is 13.1. The van der Waals surface area contributed by atoms with E-state index in [0.29, 0.717) is 17.8 Å². The highest BCUT2D eigenvalue weighted by molar-refractivity contribution is 5.90. The number of aliphatic hydroxyl groups is 1. The fraction of sp³-hybridized carbons (Fsp3) is 0.562. The van der Waals surface area contributed by atoms with Gasteiger partial charge in [-0.25, -0.2) is 9.18 Å². The number of halogens is 1. The molecule has 5 heteroatoms. The van der Waals surface area contributed by atoms with Gasteiger partial charge in [0.2, 0.25) is 0 Å². The Labute approximate surface area is 125 Å². The van der Waals surface area contributed by atoms with Crippen molar-refractivity contribution in [1.82, 2.24) is 5.32 Å². The van der Waals surface area contributed by atoms with Crippen LogP contribution < -0.4 is 10.6 Å². The van der Waals surface area contributed by atoms with Crippen molar-refractivity contribution >= 4 is 11.7 Å². The lowest BCUT2D eigenvalue weighted by atomic mass is 9.81. The molecule has 4 nitrogen and oxygen atoms in total. The molecule has 118 valence electrons. The van der Waals surface area contributed by atoms with E-state index in [4.69, 9.17) is 0 Å². The van der Waals surface area contributed by atoms with Crippen molar-refractivity contribution in [2.24, 2.45) is 11.3 Å². The summed E-state index contributed by atoms with van der Waals surface area (Å²) in [5, 5.41) is 15.5. The van der Waals surface area contributed by atoms with E-state index in [1.807, 2.05) is 27.7 Å². The molecule has 0 heterocycles. The molecule has 0 aliphatic heterocycles. The van der Waals surface area contributed by atoms with Crippen LogP contribution in [0.1, 0.15) is 33.3 Å². The van der Waals surface area contributed by atoms with Crippen LogP contribution in [0.5, 0.6) is 0 Å². The van der Waals surface area contributed by atoms with E-state index in [1.54, 1.807) is 6.92 Å². The summed E-state index contributed by atoms with van der Waals surface area (Å²) in [4.78, 5) is 11.9. The molecule has 0 aliphatic rings. The van der Waals surface area contributed by atoms with Crippen LogP contribution in [0.3, 0.4) is 0 Å². The number of hydrogen-bond donors (Lipinski definition) is 3. The third kappa shape index (κ3) is 5.01. The largest absolute Gasteiger partial charge is 0.392 e. The second-order valence-electron chi connectivity index (χ2n) is 6.44. The minimum Gasteiger partial charge on any atom is -0.392 e. The van der Waals surface area contributed by atoms with Crippen molar-refractivity contribution in [2.75, 3.05) is 11.9 Å². The molecule has 1 aromatic rings. The Morgan fingerprint density at radius 3 is 2.52 bits per heavy atom. The zero-order valence-electron chi connectivity index (χ0n) is 13.3. The average molecular weight is 296 g/mol. The van der Waals surface area contributed by atoms with Gasteiger partial charge in [0.05, 0.1) is 6.10 Å². The SMILES string of the molecule is Cc1cc(F)ccc1NC(=O)NCC(C)(C)C(O)C(C)C. The summed E-state index contributed by atoms with van der Waals surface area (Å²) in [7, 11) is 0. The lowest BCUT2D eigenvalue weighted by Crippen LogP contribution is -2.44. The van der Waals surface area contributed by atoms with E-state index in [9.17, 15) is 14.3 Å². The number of carbonyl (C=O) groups is 1. The molecule has 0 aromatic heterocycles. The maximum atomic E-state index is 13.0. The number of amides is 2. The van der Waals surface area contributed by atoms with E-state index in [0.717, 1.165) is 0 Å². The first-order valence-electron chi connectivity index (χ1n) is 7.12. The zero-order valence-corrected chi connectivity index (χ0v) is 13.3. The van der Waals surface area contributed by atoms with Gasteiger partial charge in [0.15, 0.2) is 0 Å². The summed E-state index contributed by atoms with van der Waals surface area (Å²) in [6, 6.07) is 3.82. The number of aryl methyl sites for hydroxylation is 1. The van der Waals surface area contributed by atoms with Gasteiger partial charge in [0.25, 0.3) is 0 Å². The maximum Gasteiger partial charge on any atom is 0.319 e. The molecule has 0 spiro atoms. The van der Waals surface area contributed by atoms with Gasteiger partial charge in [-0.15, -0.1) is 0 Å². The first kappa shape index (κ1) is 17.4. The summed E-state index contributed by atoms with van der Waals surface area (Å²) in [5.41, 5.74) is 0.798. The van der Waals surface area contributed by atoms with Crippen LogP contribution in [0.4, 0.5) is 14.9 Å². The molecule has 0 saturated carbocycles. The molecule has 1 unspecified atom stereocenters. The quantitative estimate of drug-likeness (QED) is 0.780. The topological polar surface area (TPSA) is 61.4 Å². The number of urea groups is 1. The van der Waals surface area contributed by atoms with Crippen molar-refractivity contribution in [3.8, 4) is 0 Å². The highest BCUT2D eigenvalue weighted by atomic mass is 19.1. The number of rotatable bonds is 5. The number of benzene rings is 1. The number of nitrogens with one attached hydrogen (secondary N) is 2. The minimum absolute atomic E-state index is 0.115. The fourth-order valence-corrected chi connectivity index (χ4v) is 2.25. The highest BCUT2D eigenvalue weighted by Crippen LogP contribution is 2.25. The van der Waals surface area contributed by atoms with Crippen molar-refractivity contribution < 1.29 is 14.3 Å². The van der Waals surface area contributed by atoms with Gasteiger partial charge in [-0.05, 0) is 36.6 Å². The molecular weight excluding hydrogens is 271 g/mol. The van der Waals surface area contributed by atoms with E-state index in [-0.39, 0.29) is 17.8 Å². The van der Waals surface area contributed by atoms with Gasteiger partial charge in [-0.1, -0.05) is 27.7 Å². The summed E-state index contributed by atoms with van der Waals surface area (Å²) >= 11 is 0. The maximum absolute atomic E-state index is 13.0. The monoisotopic (exact) mass is 296 g/mol. The lowest BCUT2D eigenvalue weighted by Gasteiger charge is -2.33. The van der Waals surface area contributed by atoms with Crippen molar-refractivity contribution in [2.45, 2.75) is 40.7 Å². The predicted octanol–water partition coefficient (Wildman–Crippen LogP) is 3.30. The van der Waals surface area contributed by atoms with Gasteiger partial charge in [-0.2, -0.15) is 0 Å². The first-order chi connectivity index (χ1) is 9.63. The smallest absolute Gasteiger partial charge is 0.319 e. The lowest BCUT2D eigenvalue weighted by molar-refractivity contribution is 0.0154. The van der Waals surface area contributed by atoms with Crippen molar-refractivity contribution in [3.05, 3.63) is 29.6 Å². The highest BCUT2D eigenvalue weighted by Gasteiger charge is 2.30. The Bertz CT molecular complexity index is 501.